The number of carbonyl (C=O) groups is 2. The van der Waals surface area contributed by atoms with E-state index in [1.54, 1.807) is 12.1 Å². The molecular formula is C17H16ClN3O3. The van der Waals surface area contributed by atoms with Gasteiger partial charge in [-0.15, -0.1) is 0 Å². The van der Waals surface area contributed by atoms with Crippen molar-refractivity contribution in [3.05, 3.63) is 47.0 Å². The molecule has 0 unspecified atom stereocenters. The number of fused-ring (bicyclic) bond motifs is 1. The first-order chi connectivity index (χ1) is 11.6. The van der Waals surface area contributed by atoms with E-state index in [1.807, 2.05) is 24.3 Å². The molecule has 2 heterocycles. The topological polar surface area (TPSA) is 80.3 Å². The third-order valence-electron chi connectivity index (χ3n) is 3.52. The van der Waals surface area contributed by atoms with Gasteiger partial charge in [0.2, 0.25) is 5.91 Å². The van der Waals surface area contributed by atoms with Crippen LogP contribution in [0.2, 0.25) is 5.02 Å². The number of hydrogen-bond acceptors (Lipinski definition) is 4. The highest BCUT2D eigenvalue weighted by Gasteiger charge is 2.17. The van der Waals surface area contributed by atoms with Crippen molar-refractivity contribution in [1.29, 1.82) is 0 Å². The van der Waals surface area contributed by atoms with E-state index in [0.29, 0.717) is 28.8 Å². The fourth-order valence-corrected chi connectivity index (χ4v) is 2.47. The number of rotatable bonds is 5. The number of benzene rings is 1. The van der Waals surface area contributed by atoms with Gasteiger partial charge in [-0.1, -0.05) is 23.7 Å². The Morgan fingerprint density at radius 2 is 2.04 bits per heavy atom. The van der Waals surface area contributed by atoms with Gasteiger partial charge in [0.25, 0.3) is 5.91 Å². The van der Waals surface area contributed by atoms with Gasteiger partial charge in [-0.05, 0) is 42.7 Å². The Labute approximate surface area is 144 Å². The second kappa shape index (κ2) is 7.31. The number of anilines is 2. The van der Waals surface area contributed by atoms with Gasteiger partial charge in [0, 0.05) is 11.4 Å². The molecule has 1 aliphatic rings. The molecule has 124 valence electrons. The van der Waals surface area contributed by atoms with Gasteiger partial charge in [-0.25, -0.2) is 4.98 Å². The standard InChI is InChI=1S/C17H16ClN3O3/c18-12-6-4-11(5-7-12)2-1-3-15(22)19-14-9-8-13-17(20-14)21-16(23)10-24-13/h4-9H,1-3,10H2,(H2,19,20,21,22,23). The van der Waals surface area contributed by atoms with E-state index < -0.39 is 0 Å². The van der Waals surface area contributed by atoms with E-state index in [2.05, 4.69) is 15.6 Å². The molecule has 2 aromatic rings. The number of aromatic nitrogens is 1. The largest absolute Gasteiger partial charge is 0.480 e. The fraction of sp³-hybridized carbons (Fsp3) is 0.235. The maximum absolute atomic E-state index is 12.0. The minimum Gasteiger partial charge on any atom is -0.480 e. The molecule has 0 radical (unpaired) electrons. The SMILES string of the molecule is O=C(CCCc1ccc(Cl)cc1)Nc1ccc2c(n1)NC(=O)CO2. The summed E-state index contributed by atoms with van der Waals surface area (Å²) in [7, 11) is 0. The number of nitrogens with one attached hydrogen (secondary N) is 2. The summed E-state index contributed by atoms with van der Waals surface area (Å²) in [6.07, 6.45) is 1.90. The summed E-state index contributed by atoms with van der Waals surface area (Å²) in [5.74, 6) is 0.817. The lowest BCUT2D eigenvalue weighted by Crippen LogP contribution is -2.26. The zero-order chi connectivity index (χ0) is 16.9. The predicted molar refractivity (Wildman–Crippen MR) is 91.4 cm³/mol. The van der Waals surface area contributed by atoms with Gasteiger partial charge in [-0.2, -0.15) is 0 Å². The Balaban J connectivity index is 1.50. The molecule has 1 aromatic heterocycles. The van der Waals surface area contributed by atoms with Crippen molar-refractivity contribution >= 4 is 35.1 Å². The van der Waals surface area contributed by atoms with Crippen LogP contribution in [-0.2, 0) is 16.0 Å². The van der Waals surface area contributed by atoms with Crippen LogP contribution in [0.5, 0.6) is 5.75 Å². The normalized spacial score (nSPS) is 12.8. The fourth-order valence-electron chi connectivity index (χ4n) is 2.34. The first-order valence-corrected chi connectivity index (χ1v) is 7.96. The average molecular weight is 346 g/mol. The average Bonchev–Trinajstić information content (AvgIpc) is 2.56. The Morgan fingerprint density at radius 3 is 2.83 bits per heavy atom. The van der Waals surface area contributed by atoms with Crippen LogP contribution in [0.15, 0.2) is 36.4 Å². The molecule has 0 fully saturated rings. The van der Waals surface area contributed by atoms with E-state index in [9.17, 15) is 9.59 Å². The number of aryl methyl sites for hydroxylation is 1. The Bertz CT molecular complexity index is 762. The van der Waals surface area contributed by atoms with Crippen LogP contribution < -0.4 is 15.4 Å². The number of amides is 2. The van der Waals surface area contributed by atoms with Crippen LogP contribution in [0.25, 0.3) is 0 Å². The van der Waals surface area contributed by atoms with Crippen molar-refractivity contribution in [2.75, 3.05) is 17.2 Å². The predicted octanol–water partition coefficient (Wildman–Crippen LogP) is 3.03. The van der Waals surface area contributed by atoms with Gasteiger partial charge in [-0.3, -0.25) is 9.59 Å². The van der Waals surface area contributed by atoms with Crippen LogP contribution in [0.1, 0.15) is 18.4 Å². The maximum Gasteiger partial charge on any atom is 0.263 e. The molecule has 0 bridgehead atoms. The molecule has 1 aliphatic heterocycles. The first kappa shape index (κ1) is 16.3. The van der Waals surface area contributed by atoms with Crippen LogP contribution in [0.3, 0.4) is 0 Å². The van der Waals surface area contributed by atoms with Crippen molar-refractivity contribution in [3.63, 3.8) is 0 Å². The van der Waals surface area contributed by atoms with Crippen molar-refractivity contribution < 1.29 is 14.3 Å². The van der Waals surface area contributed by atoms with Gasteiger partial charge in [0.05, 0.1) is 0 Å². The second-order valence-corrected chi connectivity index (χ2v) is 5.84. The second-order valence-electron chi connectivity index (χ2n) is 5.41. The summed E-state index contributed by atoms with van der Waals surface area (Å²) < 4.78 is 5.22. The molecule has 2 N–H and O–H groups in total. The third-order valence-corrected chi connectivity index (χ3v) is 3.78. The third kappa shape index (κ3) is 4.23. The molecule has 0 saturated carbocycles. The van der Waals surface area contributed by atoms with E-state index >= 15 is 0 Å². The lowest BCUT2D eigenvalue weighted by molar-refractivity contribution is -0.118. The van der Waals surface area contributed by atoms with E-state index in [-0.39, 0.29) is 18.4 Å². The molecule has 6 nitrogen and oxygen atoms in total. The van der Waals surface area contributed by atoms with Crippen molar-refractivity contribution in [1.82, 2.24) is 4.98 Å². The molecule has 24 heavy (non-hydrogen) atoms. The van der Waals surface area contributed by atoms with E-state index in [0.717, 1.165) is 18.4 Å². The van der Waals surface area contributed by atoms with Crippen LogP contribution >= 0.6 is 11.6 Å². The molecule has 2 amide bonds. The number of carbonyl (C=O) groups excluding carboxylic acids is 2. The summed E-state index contributed by atoms with van der Waals surface area (Å²) in [6, 6.07) is 10.9. The number of ether oxygens (including phenoxy) is 1. The quantitative estimate of drug-likeness (QED) is 0.872. The van der Waals surface area contributed by atoms with Gasteiger partial charge in [0.15, 0.2) is 18.2 Å². The summed E-state index contributed by atoms with van der Waals surface area (Å²) in [6.45, 7) is -0.0227. The smallest absolute Gasteiger partial charge is 0.263 e. The van der Waals surface area contributed by atoms with Gasteiger partial charge >= 0.3 is 0 Å². The van der Waals surface area contributed by atoms with E-state index in [1.165, 1.54) is 0 Å². The summed E-state index contributed by atoms with van der Waals surface area (Å²) >= 11 is 5.84. The molecule has 1 aromatic carbocycles. The first-order valence-electron chi connectivity index (χ1n) is 7.58. The van der Waals surface area contributed by atoms with Crippen molar-refractivity contribution in [2.45, 2.75) is 19.3 Å². The zero-order valence-electron chi connectivity index (χ0n) is 12.8. The van der Waals surface area contributed by atoms with Crippen molar-refractivity contribution in [2.24, 2.45) is 0 Å². The molecule has 7 heteroatoms. The highest BCUT2D eigenvalue weighted by atomic mass is 35.5. The van der Waals surface area contributed by atoms with Gasteiger partial charge in [0.1, 0.15) is 5.82 Å². The summed E-state index contributed by atoms with van der Waals surface area (Å²) in [5, 5.41) is 6.03. The zero-order valence-corrected chi connectivity index (χ0v) is 13.6. The summed E-state index contributed by atoms with van der Waals surface area (Å²) in [5.41, 5.74) is 1.14. The minimum atomic E-state index is -0.263. The van der Waals surface area contributed by atoms with Crippen LogP contribution in [0.4, 0.5) is 11.6 Å². The molecular weight excluding hydrogens is 330 g/mol. The molecule has 0 atom stereocenters. The maximum atomic E-state index is 12.0. The van der Waals surface area contributed by atoms with E-state index in [4.69, 9.17) is 16.3 Å². The minimum absolute atomic E-state index is 0.0227. The Kier molecular flexibility index (Phi) is 4.96. The summed E-state index contributed by atoms with van der Waals surface area (Å²) in [4.78, 5) is 27.5. The Morgan fingerprint density at radius 1 is 1.25 bits per heavy atom. The van der Waals surface area contributed by atoms with Gasteiger partial charge < -0.3 is 15.4 Å². The molecule has 0 spiro atoms. The number of hydrogen-bond donors (Lipinski definition) is 2. The lowest BCUT2D eigenvalue weighted by atomic mass is 10.1. The lowest BCUT2D eigenvalue weighted by Gasteiger charge is -2.17. The number of pyridine rings is 1. The van der Waals surface area contributed by atoms with Crippen molar-refractivity contribution in [3.8, 4) is 5.75 Å². The Hall–Kier alpha value is -2.60. The number of nitrogens with zero attached hydrogens (tertiary/aromatic N) is 1. The number of halogens is 1. The monoisotopic (exact) mass is 345 g/mol. The molecule has 0 saturated heterocycles. The van der Waals surface area contributed by atoms with Crippen LogP contribution in [0, 0.1) is 0 Å². The van der Waals surface area contributed by atoms with Crippen LogP contribution in [-0.4, -0.2) is 23.4 Å². The molecule has 0 aliphatic carbocycles. The highest BCUT2D eigenvalue weighted by Crippen LogP contribution is 2.26. The highest BCUT2D eigenvalue weighted by molar-refractivity contribution is 6.30. The molecule has 3 rings (SSSR count).